The third kappa shape index (κ3) is 4.15. The Bertz CT molecular complexity index is 1160. The summed E-state index contributed by atoms with van der Waals surface area (Å²) >= 11 is 0. The minimum atomic E-state index is -1.45. The molecule has 0 heterocycles. The smallest absolute Gasteiger partial charge is 0.407 e. The molecule has 0 bridgehead atoms. The van der Waals surface area contributed by atoms with Gasteiger partial charge in [-0.15, -0.1) is 0 Å². The summed E-state index contributed by atoms with van der Waals surface area (Å²) in [5, 5.41) is 13.5. The summed E-state index contributed by atoms with van der Waals surface area (Å²) in [6.07, 6.45) is -0.790. The van der Waals surface area contributed by atoms with Gasteiger partial charge in [-0.2, -0.15) is 0 Å². The minimum Gasteiger partial charge on any atom is -0.478 e. The van der Waals surface area contributed by atoms with Crippen LogP contribution in [0.4, 0.5) is 14.9 Å². The van der Waals surface area contributed by atoms with Gasteiger partial charge in [-0.25, -0.2) is 14.0 Å². The van der Waals surface area contributed by atoms with Crippen LogP contribution in [0.15, 0.2) is 66.7 Å². The van der Waals surface area contributed by atoms with E-state index in [9.17, 15) is 18.8 Å². The molecule has 2 amide bonds. The van der Waals surface area contributed by atoms with E-state index in [1.807, 2.05) is 48.5 Å². The van der Waals surface area contributed by atoms with Gasteiger partial charge in [0.25, 0.3) is 0 Å². The minimum absolute atomic E-state index is 0.0940. The second-order valence-corrected chi connectivity index (χ2v) is 7.20. The fourth-order valence-electron chi connectivity index (χ4n) is 3.79. The number of fused-ring (bicyclic) bond motifs is 3. The lowest BCUT2D eigenvalue weighted by molar-refractivity contribution is -0.115. The average molecular weight is 434 g/mol. The van der Waals surface area contributed by atoms with Crippen LogP contribution in [0.2, 0.25) is 0 Å². The first-order valence-corrected chi connectivity index (χ1v) is 9.86. The Morgan fingerprint density at radius 3 is 2.16 bits per heavy atom. The lowest BCUT2D eigenvalue weighted by Gasteiger charge is -2.14. The molecule has 7 nitrogen and oxygen atoms in total. The van der Waals surface area contributed by atoms with Crippen molar-refractivity contribution in [3.05, 3.63) is 89.2 Å². The second kappa shape index (κ2) is 8.89. The first-order chi connectivity index (χ1) is 15.5. The van der Waals surface area contributed by atoms with Crippen LogP contribution in [0.5, 0.6) is 0 Å². The van der Waals surface area contributed by atoms with Gasteiger partial charge in [0, 0.05) is 5.92 Å². The van der Waals surface area contributed by atoms with E-state index >= 15 is 0 Å². The zero-order valence-electron chi connectivity index (χ0n) is 16.8. The molecule has 3 aromatic rings. The second-order valence-electron chi connectivity index (χ2n) is 7.20. The highest BCUT2D eigenvalue weighted by Crippen LogP contribution is 2.44. The predicted octanol–water partition coefficient (Wildman–Crippen LogP) is 4.00. The Morgan fingerprint density at radius 2 is 1.53 bits per heavy atom. The summed E-state index contributed by atoms with van der Waals surface area (Å²) in [6.45, 7) is -0.371. The molecular weight excluding hydrogens is 415 g/mol. The SMILES string of the molecule is O=C(CNC(=O)OCC1c2ccccc2-c2ccccc21)Nc1cccc(C(=O)O)c1F. The molecule has 0 saturated heterocycles. The molecule has 0 atom stereocenters. The maximum atomic E-state index is 14.1. The normalized spacial score (nSPS) is 11.9. The number of carbonyl (C=O) groups is 3. The highest BCUT2D eigenvalue weighted by molar-refractivity contribution is 5.96. The number of aromatic carboxylic acids is 1. The van der Waals surface area contributed by atoms with Crippen LogP contribution in [-0.4, -0.2) is 36.2 Å². The van der Waals surface area contributed by atoms with E-state index in [4.69, 9.17) is 9.84 Å². The number of hydrogen-bond donors (Lipinski definition) is 3. The molecule has 0 aliphatic heterocycles. The number of nitrogens with one attached hydrogen (secondary N) is 2. The lowest BCUT2D eigenvalue weighted by Crippen LogP contribution is -2.34. The molecule has 0 unspecified atom stereocenters. The van der Waals surface area contributed by atoms with E-state index in [0.29, 0.717) is 0 Å². The van der Waals surface area contributed by atoms with Crippen molar-refractivity contribution in [3.63, 3.8) is 0 Å². The Morgan fingerprint density at radius 1 is 0.906 bits per heavy atom. The monoisotopic (exact) mass is 434 g/mol. The number of amides is 2. The van der Waals surface area contributed by atoms with Crippen molar-refractivity contribution in [1.82, 2.24) is 5.32 Å². The molecule has 3 N–H and O–H groups in total. The van der Waals surface area contributed by atoms with Crippen LogP contribution >= 0.6 is 0 Å². The zero-order chi connectivity index (χ0) is 22.7. The summed E-state index contributed by atoms with van der Waals surface area (Å²) in [5.74, 6) is -3.35. The van der Waals surface area contributed by atoms with Gasteiger partial charge in [0.1, 0.15) is 13.2 Å². The molecular formula is C24H19FN2O5. The number of ether oxygens (including phenoxy) is 1. The largest absolute Gasteiger partial charge is 0.478 e. The van der Waals surface area contributed by atoms with Gasteiger partial charge in [-0.1, -0.05) is 54.6 Å². The number of anilines is 1. The molecule has 162 valence electrons. The summed E-state index contributed by atoms with van der Waals surface area (Å²) in [6, 6.07) is 19.4. The molecule has 0 saturated carbocycles. The van der Waals surface area contributed by atoms with Crippen molar-refractivity contribution in [2.24, 2.45) is 0 Å². The van der Waals surface area contributed by atoms with Gasteiger partial charge in [0.2, 0.25) is 5.91 Å². The number of carboxylic acids is 1. The highest BCUT2D eigenvalue weighted by atomic mass is 19.1. The summed E-state index contributed by atoms with van der Waals surface area (Å²) < 4.78 is 19.4. The molecule has 0 spiro atoms. The zero-order valence-corrected chi connectivity index (χ0v) is 16.8. The Balaban J connectivity index is 1.33. The number of rotatable bonds is 6. The van der Waals surface area contributed by atoms with Gasteiger partial charge in [0.15, 0.2) is 5.82 Å². The van der Waals surface area contributed by atoms with Crippen molar-refractivity contribution in [2.75, 3.05) is 18.5 Å². The fraction of sp³-hybridized carbons (Fsp3) is 0.125. The van der Waals surface area contributed by atoms with E-state index in [-0.39, 0.29) is 18.2 Å². The summed E-state index contributed by atoms with van der Waals surface area (Å²) in [7, 11) is 0. The number of halogens is 1. The van der Waals surface area contributed by atoms with Crippen LogP contribution in [0.25, 0.3) is 11.1 Å². The summed E-state index contributed by atoms with van der Waals surface area (Å²) in [4.78, 5) is 35.2. The van der Waals surface area contributed by atoms with E-state index in [2.05, 4.69) is 10.6 Å². The number of hydrogen-bond acceptors (Lipinski definition) is 4. The van der Waals surface area contributed by atoms with Crippen LogP contribution in [0, 0.1) is 5.82 Å². The Labute approximate surface area is 182 Å². The van der Waals surface area contributed by atoms with Crippen LogP contribution < -0.4 is 10.6 Å². The van der Waals surface area contributed by atoms with Gasteiger partial charge in [-0.05, 0) is 34.4 Å². The quantitative estimate of drug-likeness (QED) is 0.544. The molecule has 1 aliphatic carbocycles. The van der Waals surface area contributed by atoms with Gasteiger partial charge in [0.05, 0.1) is 11.3 Å². The maximum absolute atomic E-state index is 14.1. The van der Waals surface area contributed by atoms with Crippen molar-refractivity contribution < 1.29 is 28.6 Å². The topological polar surface area (TPSA) is 105 Å². The molecule has 4 rings (SSSR count). The van der Waals surface area contributed by atoms with Crippen molar-refractivity contribution in [1.29, 1.82) is 0 Å². The van der Waals surface area contributed by atoms with Gasteiger partial charge >= 0.3 is 12.1 Å². The number of carbonyl (C=O) groups excluding carboxylic acids is 2. The standard InChI is InChI=1S/C24H19FN2O5/c25-22-18(23(29)30)10-5-11-20(22)27-21(28)12-26-24(31)32-13-19-16-8-3-1-6-14(16)15-7-2-4-9-17(15)19/h1-11,19H,12-13H2,(H,26,31)(H,27,28)(H,29,30). The molecule has 0 aromatic heterocycles. The van der Waals surface area contributed by atoms with Gasteiger partial charge < -0.3 is 20.5 Å². The van der Waals surface area contributed by atoms with E-state index in [1.54, 1.807) is 0 Å². The maximum Gasteiger partial charge on any atom is 0.407 e. The van der Waals surface area contributed by atoms with Crippen LogP contribution in [-0.2, 0) is 9.53 Å². The van der Waals surface area contributed by atoms with Crippen molar-refractivity contribution in [2.45, 2.75) is 5.92 Å². The first kappa shape index (κ1) is 21.0. The number of alkyl carbamates (subject to hydrolysis) is 1. The van der Waals surface area contributed by atoms with E-state index < -0.39 is 35.9 Å². The highest BCUT2D eigenvalue weighted by Gasteiger charge is 2.29. The molecule has 32 heavy (non-hydrogen) atoms. The summed E-state index contributed by atoms with van der Waals surface area (Å²) in [5.41, 5.74) is 3.47. The van der Waals surface area contributed by atoms with E-state index in [1.165, 1.54) is 12.1 Å². The number of carboxylic acid groups (broad SMARTS) is 1. The molecule has 8 heteroatoms. The van der Waals surface area contributed by atoms with Crippen LogP contribution in [0.3, 0.4) is 0 Å². The Hall–Kier alpha value is -4.20. The number of benzene rings is 3. The van der Waals surface area contributed by atoms with Crippen molar-refractivity contribution >= 4 is 23.7 Å². The Kier molecular flexibility index (Phi) is 5.85. The molecule has 0 fully saturated rings. The molecule has 0 radical (unpaired) electrons. The average Bonchev–Trinajstić information content (AvgIpc) is 3.11. The fourth-order valence-corrected chi connectivity index (χ4v) is 3.79. The first-order valence-electron chi connectivity index (χ1n) is 9.86. The van der Waals surface area contributed by atoms with Crippen molar-refractivity contribution in [3.8, 4) is 11.1 Å². The third-order valence-electron chi connectivity index (χ3n) is 5.24. The van der Waals surface area contributed by atoms with E-state index in [0.717, 1.165) is 28.3 Å². The lowest BCUT2D eigenvalue weighted by atomic mass is 9.98. The molecule has 3 aromatic carbocycles. The molecule has 1 aliphatic rings. The third-order valence-corrected chi connectivity index (χ3v) is 5.24. The van der Waals surface area contributed by atoms with Gasteiger partial charge in [-0.3, -0.25) is 4.79 Å². The predicted molar refractivity (Wildman–Crippen MR) is 115 cm³/mol. The van der Waals surface area contributed by atoms with Crippen LogP contribution in [0.1, 0.15) is 27.4 Å².